The molecule has 0 atom stereocenters. The molecule has 1 aliphatic heterocycles. The number of halogens is 1. The van der Waals surface area contributed by atoms with Crippen LogP contribution in [0.2, 0.25) is 5.02 Å². The van der Waals surface area contributed by atoms with E-state index >= 15 is 0 Å². The van der Waals surface area contributed by atoms with Gasteiger partial charge in [0.2, 0.25) is 11.8 Å². The lowest BCUT2D eigenvalue weighted by Crippen LogP contribution is -2.26. The van der Waals surface area contributed by atoms with Gasteiger partial charge in [-0.05, 0) is 18.2 Å². The van der Waals surface area contributed by atoms with E-state index in [4.69, 9.17) is 16.0 Å². The summed E-state index contributed by atoms with van der Waals surface area (Å²) in [7, 11) is 0. The van der Waals surface area contributed by atoms with Crippen LogP contribution in [0.3, 0.4) is 0 Å². The van der Waals surface area contributed by atoms with Crippen molar-refractivity contribution in [2.24, 2.45) is 5.41 Å². The summed E-state index contributed by atoms with van der Waals surface area (Å²) >= 11 is 7.37. The lowest BCUT2D eigenvalue weighted by Gasteiger charge is -2.18. The van der Waals surface area contributed by atoms with Crippen molar-refractivity contribution in [1.29, 1.82) is 0 Å². The Kier molecular flexibility index (Phi) is 5.25. The molecule has 0 unspecified atom stereocenters. The number of thioether (sulfide) groups is 1. The quantitative estimate of drug-likeness (QED) is 0.718. The van der Waals surface area contributed by atoms with E-state index in [1.165, 1.54) is 18.0 Å². The van der Waals surface area contributed by atoms with Crippen molar-refractivity contribution in [3.05, 3.63) is 52.4 Å². The van der Waals surface area contributed by atoms with E-state index in [0.717, 1.165) is 5.56 Å². The first-order valence-corrected chi connectivity index (χ1v) is 9.50. The number of carbonyl (C=O) groups is 2. The molecular weight excluding hydrogens is 372 g/mol. The number of ketones is 1. The van der Waals surface area contributed by atoms with Crippen LogP contribution in [0.4, 0.5) is 0 Å². The average Bonchev–Trinajstić information content (AvgIpc) is 3.16. The highest BCUT2D eigenvalue weighted by Crippen LogP contribution is 2.32. The SMILES string of the molecule is CC(C)(C)C(=O)/C=C1\SCC(=O)N1Cc1coc(-c2cccc(Cl)c2)n1. The Morgan fingerprint density at radius 1 is 1.42 bits per heavy atom. The monoisotopic (exact) mass is 390 g/mol. The van der Waals surface area contributed by atoms with Gasteiger partial charge in [-0.1, -0.05) is 50.2 Å². The maximum absolute atomic E-state index is 12.3. The topological polar surface area (TPSA) is 63.4 Å². The summed E-state index contributed by atoms with van der Waals surface area (Å²) in [4.78, 5) is 30.5. The van der Waals surface area contributed by atoms with Crippen molar-refractivity contribution >= 4 is 35.1 Å². The molecule has 0 radical (unpaired) electrons. The predicted octanol–water partition coefficient (Wildman–Crippen LogP) is 4.53. The second-order valence-electron chi connectivity index (χ2n) is 7.02. The van der Waals surface area contributed by atoms with Crippen molar-refractivity contribution < 1.29 is 14.0 Å². The van der Waals surface area contributed by atoms with E-state index in [1.54, 1.807) is 23.1 Å². The summed E-state index contributed by atoms with van der Waals surface area (Å²) < 4.78 is 5.52. The van der Waals surface area contributed by atoms with Crippen molar-refractivity contribution in [1.82, 2.24) is 9.88 Å². The molecule has 1 amide bonds. The summed E-state index contributed by atoms with van der Waals surface area (Å²) in [5, 5.41) is 1.25. The van der Waals surface area contributed by atoms with E-state index in [9.17, 15) is 9.59 Å². The number of amides is 1. The van der Waals surface area contributed by atoms with Gasteiger partial charge in [0.1, 0.15) is 6.26 Å². The Morgan fingerprint density at radius 3 is 2.88 bits per heavy atom. The van der Waals surface area contributed by atoms with Crippen LogP contribution in [0.1, 0.15) is 26.5 Å². The highest BCUT2D eigenvalue weighted by molar-refractivity contribution is 8.04. The molecule has 1 aliphatic rings. The first kappa shape index (κ1) is 18.7. The average molecular weight is 391 g/mol. The minimum Gasteiger partial charge on any atom is -0.444 e. The van der Waals surface area contributed by atoms with Crippen molar-refractivity contribution in [3.8, 4) is 11.5 Å². The molecule has 0 aliphatic carbocycles. The molecule has 2 heterocycles. The molecule has 1 saturated heterocycles. The highest BCUT2D eigenvalue weighted by Gasteiger charge is 2.30. The third-order valence-corrected chi connectivity index (χ3v) is 5.11. The second kappa shape index (κ2) is 7.29. The molecule has 5 nitrogen and oxygen atoms in total. The van der Waals surface area contributed by atoms with Crippen LogP contribution in [0.15, 0.2) is 46.1 Å². The van der Waals surface area contributed by atoms with E-state index in [2.05, 4.69) is 4.98 Å². The van der Waals surface area contributed by atoms with Crippen molar-refractivity contribution in [3.63, 3.8) is 0 Å². The molecule has 0 spiro atoms. The van der Waals surface area contributed by atoms with Crippen molar-refractivity contribution in [2.45, 2.75) is 27.3 Å². The minimum absolute atomic E-state index is 0.0144. The lowest BCUT2D eigenvalue weighted by atomic mass is 9.91. The number of rotatable bonds is 4. The van der Waals surface area contributed by atoms with Gasteiger partial charge in [0.25, 0.3) is 0 Å². The number of hydrogen-bond acceptors (Lipinski definition) is 5. The van der Waals surface area contributed by atoms with Crippen LogP contribution in [0.5, 0.6) is 0 Å². The fourth-order valence-electron chi connectivity index (χ4n) is 2.32. The largest absolute Gasteiger partial charge is 0.444 e. The first-order valence-electron chi connectivity index (χ1n) is 8.14. The van der Waals surface area contributed by atoms with Crippen LogP contribution in [-0.4, -0.2) is 27.3 Å². The standard InChI is InChI=1S/C19H19ClN2O3S/c1-19(2,3)15(23)8-17-22(16(24)11-26-17)9-14-10-25-18(21-14)12-5-4-6-13(20)7-12/h4-8,10H,9,11H2,1-3H3/b17-8-. The Hall–Kier alpha value is -2.05. The third kappa shape index (κ3) is 4.19. The Balaban J connectivity index is 1.80. The fourth-order valence-corrected chi connectivity index (χ4v) is 3.45. The fraction of sp³-hybridized carbons (Fsp3) is 0.316. The van der Waals surface area contributed by atoms with Gasteiger partial charge in [-0.15, -0.1) is 0 Å². The van der Waals surface area contributed by atoms with Crippen LogP contribution in [0.25, 0.3) is 11.5 Å². The van der Waals surface area contributed by atoms with E-state index < -0.39 is 5.41 Å². The van der Waals surface area contributed by atoms with Gasteiger partial charge in [-0.3, -0.25) is 14.5 Å². The van der Waals surface area contributed by atoms with Gasteiger partial charge < -0.3 is 4.42 Å². The van der Waals surface area contributed by atoms with Crippen LogP contribution in [-0.2, 0) is 16.1 Å². The van der Waals surface area contributed by atoms with Crippen molar-refractivity contribution in [2.75, 3.05) is 5.75 Å². The molecular formula is C19H19ClN2O3S. The molecule has 3 rings (SSSR count). The van der Waals surface area contributed by atoms with Gasteiger partial charge in [0, 0.05) is 22.1 Å². The second-order valence-corrected chi connectivity index (χ2v) is 8.45. The number of aromatic nitrogens is 1. The molecule has 7 heteroatoms. The minimum atomic E-state index is -0.488. The number of oxazole rings is 1. The smallest absolute Gasteiger partial charge is 0.238 e. The summed E-state index contributed by atoms with van der Waals surface area (Å²) in [6, 6.07) is 7.21. The van der Waals surface area contributed by atoms with E-state index in [0.29, 0.717) is 27.4 Å². The lowest BCUT2D eigenvalue weighted by molar-refractivity contribution is -0.125. The maximum Gasteiger partial charge on any atom is 0.238 e. The van der Waals surface area contributed by atoms with Gasteiger partial charge in [0.05, 0.1) is 23.0 Å². The molecule has 0 saturated carbocycles. The number of allylic oxidation sites excluding steroid dienone is 1. The molecule has 2 aromatic rings. The van der Waals surface area contributed by atoms with Gasteiger partial charge in [0.15, 0.2) is 5.78 Å². The summed E-state index contributed by atoms with van der Waals surface area (Å²) in [5.74, 6) is 0.704. The molecule has 26 heavy (non-hydrogen) atoms. The number of carbonyl (C=O) groups excluding carboxylic acids is 2. The molecule has 1 aromatic heterocycles. The van der Waals surface area contributed by atoms with Gasteiger partial charge >= 0.3 is 0 Å². The normalized spacial score (nSPS) is 16.5. The van der Waals surface area contributed by atoms with Gasteiger partial charge in [-0.25, -0.2) is 4.98 Å². The first-order chi connectivity index (χ1) is 12.2. The summed E-state index contributed by atoms with van der Waals surface area (Å²) in [5.41, 5.74) is 0.896. The number of nitrogens with zero attached hydrogens (tertiary/aromatic N) is 2. The number of hydrogen-bond donors (Lipinski definition) is 0. The Bertz CT molecular complexity index is 883. The van der Waals surface area contributed by atoms with Crippen LogP contribution in [0, 0.1) is 5.41 Å². The van der Waals surface area contributed by atoms with E-state index in [-0.39, 0.29) is 18.2 Å². The maximum atomic E-state index is 12.3. The van der Waals surface area contributed by atoms with Crippen LogP contribution >= 0.6 is 23.4 Å². The molecule has 0 N–H and O–H groups in total. The molecule has 1 aromatic carbocycles. The number of benzene rings is 1. The molecule has 0 bridgehead atoms. The Labute approximate surface area is 161 Å². The van der Waals surface area contributed by atoms with Crippen LogP contribution < -0.4 is 0 Å². The predicted molar refractivity (Wildman–Crippen MR) is 103 cm³/mol. The highest BCUT2D eigenvalue weighted by atomic mass is 35.5. The Morgan fingerprint density at radius 2 is 2.19 bits per heavy atom. The summed E-state index contributed by atoms with van der Waals surface area (Å²) in [6.45, 7) is 5.83. The summed E-state index contributed by atoms with van der Waals surface area (Å²) in [6.07, 6.45) is 3.07. The zero-order valence-electron chi connectivity index (χ0n) is 14.8. The molecule has 1 fully saturated rings. The van der Waals surface area contributed by atoms with E-state index in [1.807, 2.05) is 32.9 Å². The molecule has 136 valence electrons. The third-order valence-electron chi connectivity index (χ3n) is 3.85. The zero-order valence-corrected chi connectivity index (χ0v) is 16.4. The zero-order chi connectivity index (χ0) is 18.9. The van der Waals surface area contributed by atoms with Gasteiger partial charge in [-0.2, -0.15) is 0 Å².